The number of anilines is 1. The molecule has 0 fully saturated rings. The number of carbonyl (C=O) groups is 1. The molecule has 0 radical (unpaired) electrons. The Kier molecular flexibility index (Phi) is 4.32. The summed E-state index contributed by atoms with van der Waals surface area (Å²) in [7, 11) is 0. The fraction of sp³-hybridized carbons (Fsp3) is 0.304. The minimum atomic E-state index is -0.339. The molecule has 3 heterocycles. The first kappa shape index (κ1) is 18.2. The van der Waals surface area contributed by atoms with Crippen molar-refractivity contribution in [1.82, 2.24) is 10.2 Å². The molecule has 5 rings (SSSR count). The third kappa shape index (κ3) is 2.99. The minimum absolute atomic E-state index is 0.126. The van der Waals surface area contributed by atoms with E-state index in [1.807, 2.05) is 6.07 Å². The molecule has 0 saturated carbocycles. The minimum Gasteiger partial charge on any atom is -0.343 e. The van der Waals surface area contributed by atoms with E-state index in [0.29, 0.717) is 23.7 Å². The van der Waals surface area contributed by atoms with Gasteiger partial charge in [-0.25, -0.2) is 0 Å². The molecule has 2 unspecified atom stereocenters. The van der Waals surface area contributed by atoms with Crippen LogP contribution in [0.5, 0.6) is 0 Å². The van der Waals surface area contributed by atoms with Crippen LogP contribution in [-0.2, 0) is 4.79 Å². The summed E-state index contributed by atoms with van der Waals surface area (Å²) in [4.78, 5) is 27.2. The fourth-order valence-corrected chi connectivity index (χ4v) is 5.38. The molecule has 2 aromatic heterocycles. The molecule has 29 heavy (non-hydrogen) atoms. The number of allylic oxidation sites excluding steroid dienone is 2. The summed E-state index contributed by atoms with van der Waals surface area (Å²) in [5, 5.41) is 11.1. The molecule has 2 atom stereocenters. The maximum atomic E-state index is 13.3. The summed E-state index contributed by atoms with van der Waals surface area (Å²) in [6.45, 7) is 4.31. The molecule has 148 valence electrons. The summed E-state index contributed by atoms with van der Waals surface area (Å²) >= 11 is 1.70. The maximum Gasteiger partial charge on any atom is 0.270 e. The molecule has 0 amide bonds. The van der Waals surface area contributed by atoms with Gasteiger partial charge in [0.15, 0.2) is 5.78 Å². The highest BCUT2D eigenvalue weighted by Gasteiger charge is 2.40. The quantitative estimate of drug-likeness (QED) is 0.583. The summed E-state index contributed by atoms with van der Waals surface area (Å²) in [6.07, 6.45) is 1.26. The number of hydrogen-bond donors (Lipinski definition) is 3. The lowest BCUT2D eigenvalue weighted by Gasteiger charge is -2.34. The van der Waals surface area contributed by atoms with Crippen molar-refractivity contribution < 1.29 is 4.79 Å². The number of ketones is 1. The summed E-state index contributed by atoms with van der Waals surface area (Å²) in [5.74, 6) is 1.08. The van der Waals surface area contributed by atoms with Crippen LogP contribution in [0.3, 0.4) is 0 Å². The van der Waals surface area contributed by atoms with Gasteiger partial charge in [0.05, 0.1) is 5.56 Å². The Hall–Kier alpha value is -2.86. The molecule has 2 aliphatic rings. The molecule has 1 aliphatic heterocycles. The predicted octanol–water partition coefficient (Wildman–Crippen LogP) is 4.85. The van der Waals surface area contributed by atoms with E-state index in [1.165, 1.54) is 10.4 Å². The topological polar surface area (TPSA) is 77.8 Å². The van der Waals surface area contributed by atoms with Crippen LogP contribution in [0.4, 0.5) is 5.82 Å². The number of benzene rings is 1. The molecular weight excluding hydrogens is 382 g/mol. The number of Topliss-reactive ketones (excluding diaryl/α,β-unsaturated/α-hetero) is 1. The van der Waals surface area contributed by atoms with E-state index in [-0.39, 0.29) is 23.2 Å². The number of carbonyl (C=O) groups excluding carboxylic acids is 1. The van der Waals surface area contributed by atoms with Gasteiger partial charge in [0.25, 0.3) is 5.56 Å². The van der Waals surface area contributed by atoms with Gasteiger partial charge in [-0.3, -0.25) is 19.8 Å². The van der Waals surface area contributed by atoms with E-state index < -0.39 is 0 Å². The summed E-state index contributed by atoms with van der Waals surface area (Å²) in [6, 6.07) is 12.5. The number of hydrogen-bond acceptors (Lipinski definition) is 4. The van der Waals surface area contributed by atoms with Crippen LogP contribution < -0.4 is 10.9 Å². The van der Waals surface area contributed by atoms with E-state index in [9.17, 15) is 9.59 Å². The molecule has 1 aliphatic carbocycles. The molecule has 0 saturated heterocycles. The van der Waals surface area contributed by atoms with Crippen LogP contribution in [0, 0.1) is 0 Å². The Bertz CT molecular complexity index is 1150. The molecular formula is C23H23N3O2S. The van der Waals surface area contributed by atoms with E-state index in [1.54, 1.807) is 11.3 Å². The largest absolute Gasteiger partial charge is 0.343 e. The fourth-order valence-electron chi connectivity index (χ4n) is 4.55. The van der Waals surface area contributed by atoms with E-state index in [0.717, 1.165) is 23.3 Å². The first-order valence-electron chi connectivity index (χ1n) is 10.00. The zero-order chi connectivity index (χ0) is 20.1. The molecule has 3 aromatic rings. The SMILES string of the molecule is CC(C)c1ccc(C2C3=C(CC(c4cccs4)CC3=O)Nc3[nH][nH]c(=O)c32)cc1. The first-order chi connectivity index (χ1) is 14.0. The third-order valence-electron chi connectivity index (χ3n) is 6.06. The number of nitrogens with one attached hydrogen (secondary N) is 3. The van der Waals surface area contributed by atoms with Crippen LogP contribution in [-0.4, -0.2) is 16.0 Å². The molecule has 6 heteroatoms. The van der Waals surface area contributed by atoms with Gasteiger partial charge >= 0.3 is 0 Å². The molecule has 0 bridgehead atoms. The highest BCUT2D eigenvalue weighted by Crippen LogP contribution is 2.47. The first-order valence-corrected chi connectivity index (χ1v) is 10.9. The Morgan fingerprint density at radius 1 is 1.03 bits per heavy atom. The standard InChI is InChI=1S/C23H23N3O2S/c1-12(2)13-5-7-14(8-6-13)19-20-16(24-22-21(19)23(28)26-25-22)10-15(11-17(20)27)18-4-3-9-29-18/h3-9,12,15,19H,10-11H2,1-2H3,(H3,24,25,26,28). The van der Waals surface area contributed by atoms with Crippen molar-refractivity contribution in [3.8, 4) is 0 Å². The van der Waals surface area contributed by atoms with Crippen LogP contribution in [0.25, 0.3) is 0 Å². The van der Waals surface area contributed by atoms with Crippen LogP contribution in [0.2, 0.25) is 0 Å². The molecule has 3 N–H and O–H groups in total. The van der Waals surface area contributed by atoms with Gasteiger partial charge in [-0.1, -0.05) is 44.2 Å². The highest BCUT2D eigenvalue weighted by atomic mass is 32.1. The average Bonchev–Trinajstić information content (AvgIpc) is 3.37. The third-order valence-corrected chi connectivity index (χ3v) is 7.09. The zero-order valence-electron chi connectivity index (χ0n) is 16.4. The van der Waals surface area contributed by atoms with Gasteiger partial charge in [-0.2, -0.15) is 0 Å². The predicted molar refractivity (Wildman–Crippen MR) is 116 cm³/mol. The zero-order valence-corrected chi connectivity index (χ0v) is 17.2. The van der Waals surface area contributed by atoms with E-state index in [2.05, 4.69) is 65.1 Å². The van der Waals surface area contributed by atoms with Crippen LogP contribution in [0.1, 0.15) is 66.0 Å². The monoisotopic (exact) mass is 405 g/mol. The Labute approximate surface area is 172 Å². The van der Waals surface area contributed by atoms with Crippen molar-refractivity contribution >= 4 is 22.9 Å². The normalized spacial score (nSPS) is 21.1. The molecule has 0 spiro atoms. The van der Waals surface area contributed by atoms with Gasteiger partial charge in [0.1, 0.15) is 5.82 Å². The second-order valence-electron chi connectivity index (χ2n) is 8.18. The smallest absolute Gasteiger partial charge is 0.270 e. The summed E-state index contributed by atoms with van der Waals surface area (Å²) < 4.78 is 0. The Morgan fingerprint density at radius 2 is 1.83 bits per heavy atom. The van der Waals surface area contributed by atoms with Crippen molar-refractivity contribution in [3.63, 3.8) is 0 Å². The van der Waals surface area contributed by atoms with Crippen molar-refractivity contribution in [1.29, 1.82) is 0 Å². The second kappa shape index (κ2) is 6.88. The van der Waals surface area contributed by atoms with Gasteiger partial charge in [-0.15, -0.1) is 11.3 Å². The Balaban J connectivity index is 1.62. The average molecular weight is 406 g/mol. The van der Waals surface area contributed by atoms with Crippen LogP contribution in [0.15, 0.2) is 57.8 Å². The van der Waals surface area contributed by atoms with Gasteiger partial charge < -0.3 is 5.32 Å². The summed E-state index contributed by atoms with van der Waals surface area (Å²) in [5.41, 5.74) is 4.33. The van der Waals surface area contributed by atoms with Crippen molar-refractivity contribution in [2.24, 2.45) is 0 Å². The number of thiophene rings is 1. The lowest BCUT2D eigenvalue weighted by Crippen LogP contribution is -2.31. The number of fused-ring (bicyclic) bond motifs is 1. The second-order valence-corrected chi connectivity index (χ2v) is 9.16. The lowest BCUT2D eigenvalue weighted by atomic mass is 9.73. The lowest BCUT2D eigenvalue weighted by molar-refractivity contribution is -0.116. The van der Waals surface area contributed by atoms with Gasteiger partial charge in [0, 0.05) is 34.4 Å². The van der Waals surface area contributed by atoms with Gasteiger partial charge in [0.2, 0.25) is 0 Å². The maximum absolute atomic E-state index is 13.3. The van der Waals surface area contributed by atoms with Crippen molar-refractivity contribution in [3.05, 3.63) is 85.0 Å². The van der Waals surface area contributed by atoms with E-state index in [4.69, 9.17) is 0 Å². The number of aromatic amines is 2. The van der Waals surface area contributed by atoms with Gasteiger partial charge in [-0.05, 0) is 34.9 Å². The number of H-pyrrole nitrogens is 2. The number of rotatable bonds is 3. The molecule has 1 aromatic carbocycles. The highest BCUT2D eigenvalue weighted by molar-refractivity contribution is 7.10. The van der Waals surface area contributed by atoms with Crippen molar-refractivity contribution in [2.75, 3.05) is 5.32 Å². The van der Waals surface area contributed by atoms with Crippen molar-refractivity contribution in [2.45, 2.75) is 44.4 Å². The van der Waals surface area contributed by atoms with Crippen LogP contribution >= 0.6 is 11.3 Å². The van der Waals surface area contributed by atoms with E-state index >= 15 is 0 Å². The number of aromatic nitrogens is 2. The molecule has 5 nitrogen and oxygen atoms in total. The Morgan fingerprint density at radius 3 is 2.52 bits per heavy atom.